The zero-order valence-electron chi connectivity index (χ0n) is 10.9. The number of amides is 2. The molecule has 0 aliphatic carbocycles. The molecule has 1 aromatic rings. The number of rotatable bonds is 1. The van der Waals surface area contributed by atoms with Crippen LogP contribution < -0.4 is 5.32 Å². The van der Waals surface area contributed by atoms with E-state index >= 15 is 0 Å². The monoisotopic (exact) mass is 294 g/mol. The van der Waals surface area contributed by atoms with Crippen molar-refractivity contribution in [2.24, 2.45) is 0 Å². The zero-order chi connectivity index (χ0) is 14.4. The highest BCUT2D eigenvalue weighted by molar-refractivity contribution is 6.31. The van der Waals surface area contributed by atoms with Crippen LogP contribution in [0, 0.1) is 11.8 Å². The fourth-order valence-corrected chi connectivity index (χ4v) is 2.00. The highest BCUT2D eigenvalue weighted by Gasteiger charge is 2.17. The molecule has 2 N–H and O–H groups in total. The maximum Gasteiger partial charge on any atom is 0.322 e. The third-order valence-electron chi connectivity index (χ3n) is 2.82. The van der Waals surface area contributed by atoms with Crippen molar-refractivity contribution >= 4 is 23.3 Å². The van der Waals surface area contributed by atoms with Crippen LogP contribution in [-0.2, 0) is 4.74 Å². The number of aliphatic hydroxyl groups excluding tert-OH is 1. The minimum absolute atomic E-state index is 0.206. The Morgan fingerprint density at radius 3 is 2.90 bits per heavy atom. The molecule has 0 bridgehead atoms. The third-order valence-corrected chi connectivity index (χ3v) is 3.06. The molecule has 0 radical (unpaired) electrons. The number of halogens is 1. The van der Waals surface area contributed by atoms with Gasteiger partial charge in [0.1, 0.15) is 6.61 Å². The number of benzene rings is 1. The molecule has 1 aliphatic heterocycles. The Morgan fingerprint density at radius 1 is 1.45 bits per heavy atom. The molecule has 1 heterocycles. The molecule has 20 heavy (non-hydrogen) atoms. The third kappa shape index (κ3) is 3.87. The van der Waals surface area contributed by atoms with Crippen molar-refractivity contribution < 1.29 is 14.6 Å². The average molecular weight is 295 g/mol. The number of carbonyl (C=O) groups excluding carboxylic acids is 1. The Balaban J connectivity index is 2.14. The van der Waals surface area contributed by atoms with Gasteiger partial charge in [-0.3, -0.25) is 0 Å². The first-order chi connectivity index (χ1) is 9.70. The first-order valence-corrected chi connectivity index (χ1v) is 6.61. The number of aliphatic hydroxyl groups is 1. The van der Waals surface area contributed by atoms with Crippen molar-refractivity contribution in [1.29, 1.82) is 0 Å². The summed E-state index contributed by atoms with van der Waals surface area (Å²) >= 11 is 5.94. The molecule has 0 saturated carbocycles. The van der Waals surface area contributed by atoms with Gasteiger partial charge in [-0.25, -0.2) is 4.79 Å². The Labute approximate surface area is 122 Å². The van der Waals surface area contributed by atoms with E-state index in [4.69, 9.17) is 21.4 Å². The lowest BCUT2D eigenvalue weighted by molar-refractivity contribution is 0.0564. The van der Waals surface area contributed by atoms with Crippen molar-refractivity contribution in [1.82, 2.24) is 4.90 Å². The van der Waals surface area contributed by atoms with Gasteiger partial charge in [0.15, 0.2) is 0 Å². The van der Waals surface area contributed by atoms with E-state index in [0.29, 0.717) is 42.6 Å². The van der Waals surface area contributed by atoms with Crippen LogP contribution in [0.25, 0.3) is 0 Å². The lowest BCUT2D eigenvalue weighted by atomic mass is 10.2. The van der Waals surface area contributed by atoms with E-state index < -0.39 is 0 Å². The topological polar surface area (TPSA) is 61.8 Å². The second-order valence-electron chi connectivity index (χ2n) is 4.18. The van der Waals surface area contributed by atoms with Crippen LogP contribution >= 0.6 is 11.6 Å². The minimum Gasteiger partial charge on any atom is -0.384 e. The first-order valence-electron chi connectivity index (χ1n) is 6.23. The number of nitrogens with one attached hydrogen (secondary N) is 1. The normalized spacial score (nSPS) is 14.4. The number of urea groups is 1. The van der Waals surface area contributed by atoms with Crippen LogP contribution in [0.3, 0.4) is 0 Å². The quantitative estimate of drug-likeness (QED) is 0.773. The van der Waals surface area contributed by atoms with Crippen LogP contribution in [0.1, 0.15) is 5.56 Å². The number of anilines is 1. The molecular formula is C14H15ClN2O3. The molecule has 106 valence electrons. The standard InChI is InChI=1S/C14H15ClN2O3/c15-12-4-3-11(2-1-7-18)13(10-12)16-14(19)17-5-8-20-9-6-17/h3-4,10,18H,5-9H2,(H,16,19). The summed E-state index contributed by atoms with van der Waals surface area (Å²) in [5.74, 6) is 5.34. The summed E-state index contributed by atoms with van der Waals surface area (Å²) in [6, 6.07) is 4.83. The molecular weight excluding hydrogens is 280 g/mol. The van der Waals surface area contributed by atoms with Gasteiger partial charge in [0.2, 0.25) is 0 Å². The molecule has 0 unspecified atom stereocenters. The molecule has 2 rings (SSSR count). The second kappa shape index (κ2) is 7.15. The van der Waals surface area contributed by atoms with E-state index in [2.05, 4.69) is 17.2 Å². The number of hydrogen-bond acceptors (Lipinski definition) is 3. The number of carbonyl (C=O) groups is 1. The molecule has 2 amide bonds. The molecule has 6 heteroatoms. The van der Waals surface area contributed by atoms with Crippen LogP contribution in [0.2, 0.25) is 5.02 Å². The van der Waals surface area contributed by atoms with Crippen LogP contribution in [0.5, 0.6) is 0 Å². The lowest BCUT2D eigenvalue weighted by Crippen LogP contribution is -2.43. The fourth-order valence-electron chi connectivity index (χ4n) is 1.82. The van der Waals surface area contributed by atoms with E-state index in [1.54, 1.807) is 23.1 Å². The predicted octanol–water partition coefficient (Wildman–Crippen LogP) is 1.55. The summed E-state index contributed by atoms with van der Waals surface area (Å²) < 4.78 is 5.20. The molecule has 1 aromatic carbocycles. The van der Waals surface area contributed by atoms with Gasteiger partial charge in [0.05, 0.1) is 18.9 Å². The van der Waals surface area contributed by atoms with Gasteiger partial charge in [0.25, 0.3) is 0 Å². The fraction of sp³-hybridized carbons (Fsp3) is 0.357. The highest BCUT2D eigenvalue weighted by Crippen LogP contribution is 2.21. The van der Waals surface area contributed by atoms with Gasteiger partial charge in [-0.05, 0) is 18.2 Å². The van der Waals surface area contributed by atoms with E-state index in [9.17, 15) is 4.79 Å². The smallest absolute Gasteiger partial charge is 0.322 e. The predicted molar refractivity (Wildman–Crippen MR) is 76.8 cm³/mol. The Bertz CT molecular complexity index is 545. The van der Waals surface area contributed by atoms with Crippen molar-refractivity contribution in [2.75, 3.05) is 38.2 Å². The Hall–Kier alpha value is -1.74. The van der Waals surface area contributed by atoms with E-state index in [1.165, 1.54) is 0 Å². The van der Waals surface area contributed by atoms with Crippen molar-refractivity contribution in [2.45, 2.75) is 0 Å². The summed E-state index contributed by atoms with van der Waals surface area (Å²) in [6.07, 6.45) is 0. The van der Waals surface area contributed by atoms with Gasteiger partial charge in [-0.15, -0.1) is 0 Å². The molecule has 1 saturated heterocycles. The number of hydrogen-bond donors (Lipinski definition) is 2. The summed E-state index contributed by atoms with van der Waals surface area (Å²) in [4.78, 5) is 13.8. The van der Waals surface area contributed by atoms with Crippen molar-refractivity contribution in [3.63, 3.8) is 0 Å². The van der Waals surface area contributed by atoms with Gasteiger partial charge in [0, 0.05) is 23.7 Å². The minimum atomic E-state index is -0.237. The summed E-state index contributed by atoms with van der Waals surface area (Å²) in [7, 11) is 0. The molecule has 0 spiro atoms. The SMILES string of the molecule is O=C(Nc1cc(Cl)ccc1C#CCO)N1CCOCC1. The Morgan fingerprint density at radius 2 is 2.20 bits per heavy atom. The second-order valence-corrected chi connectivity index (χ2v) is 4.62. The molecule has 0 aromatic heterocycles. The van der Waals surface area contributed by atoms with Gasteiger partial charge < -0.3 is 20.1 Å². The molecule has 0 atom stereocenters. The number of ether oxygens (including phenoxy) is 1. The van der Waals surface area contributed by atoms with E-state index in [0.717, 1.165) is 0 Å². The largest absolute Gasteiger partial charge is 0.384 e. The summed E-state index contributed by atoms with van der Waals surface area (Å²) in [5.41, 5.74) is 1.15. The van der Waals surface area contributed by atoms with Crippen molar-refractivity contribution in [3.05, 3.63) is 28.8 Å². The van der Waals surface area contributed by atoms with Crippen LogP contribution in [0.15, 0.2) is 18.2 Å². The zero-order valence-corrected chi connectivity index (χ0v) is 11.6. The molecule has 1 aliphatic rings. The van der Waals surface area contributed by atoms with E-state index in [-0.39, 0.29) is 12.6 Å². The Kier molecular flexibility index (Phi) is 5.24. The number of nitrogens with zero attached hydrogens (tertiary/aromatic N) is 1. The van der Waals surface area contributed by atoms with Gasteiger partial charge in [-0.2, -0.15) is 0 Å². The molecule has 5 nitrogen and oxygen atoms in total. The summed E-state index contributed by atoms with van der Waals surface area (Å²) in [5, 5.41) is 12.1. The van der Waals surface area contributed by atoms with Gasteiger partial charge in [-0.1, -0.05) is 23.4 Å². The average Bonchev–Trinajstić information content (AvgIpc) is 2.47. The maximum absolute atomic E-state index is 12.1. The summed E-state index contributed by atoms with van der Waals surface area (Å²) in [6.45, 7) is 1.97. The first kappa shape index (κ1) is 14.7. The highest BCUT2D eigenvalue weighted by atomic mass is 35.5. The lowest BCUT2D eigenvalue weighted by Gasteiger charge is -2.27. The number of morpholine rings is 1. The molecule has 1 fully saturated rings. The van der Waals surface area contributed by atoms with Crippen LogP contribution in [-0.4, -0.2) is 48.9 Å². The van der Waals surface area contributed by atoms with E-state index in [1.807, 2.05) is 0 Å². The van der Waals surface area contributed by atoms with Crippen LogP contribution in [0.4, 0.5) is 10.5 Å². The maximum atomic E-state index is 12.1. The van der Waals surface area contributed by atoms with Gasteiger partial charge >= 0.3 is 6.03 Å². The van der Waals surface area contributed by atoms with Crippen molar-refractivity contribution in [3.8, 4) is 11.8 Å².